The minimum atomic E-state index is 0.177. The zero-order valence-electron chi connectivity index (χ0n) is 11.6. The highest BCUT2D eigenvalue weighted by atomic mass is 32.2. The number of rotatable bonds is 5. The molecule has 1 saturated carbocycles. The first-order chi connectivity index (χ1) is 9.13. The molecule has 1 aromatic rings. The maximum absolute atomic E-state index is 11.9. The number of hydrogen-bond acceptors (Lipinski definition) is 4. The van der Waals surface area contributed by atoms with Crippen LogP contribution in [-0.4, -0.2) is 22.7 Å². The van der Waals surface area contributed by atoms with Crippen molar-refractivity contribution in [1.29, 1.82) is 0 Å². The van der Waals surface area contributed by atoms with E-state index in [1.165, 1.54) is 12.8 Å². The zero-order valence-corrected chi connectivity index (χ0v) is 13.3. The van der Waals surface area contributed by atoms with Crippen LogP contribution in [0, 0.1) is 12.8 Å². The molecule has 0 aliphatic heterocycles. The highest BCUT2D eigenvalue weighted by molar-refractivity contribution is 7.99. The fourth-order valence-electron chi connectivity index (χ4n) is 2.56. The van der Waals surface area contributed by atoms with Crippen LogP contribution in [0.4, 0.5) is 0 Å². The Bertz CT molecular complexity index is 419. The van der Waals surface area contributed by atoms with E-state index in [0.717, 1.165) is 35.2 Å². The lowest BCUT2D eigenvalue weighted by molar-refractivity contribution is -0.119. The number of amides is 1. The van der Waals surface area contributed by atoms with Gasteiger partial charge >= 0.3 is 0 Å². The van der Waals surface area contributed by atoms with E-state index in [4.69, 9.17) is 0 Å². The van der Waals surface area contributed by atoms with Gasteiger partial charge in [0.15, 0.2) is 0 Å². The number of nitrogens with zero attached hydrogens (tertiary/aromatic N) is 1. The summed E-state index contributed by atoms with van der Waals surface area (Å²) in [6.07, 6.45) is 4.84. The first kappa shape index (κ1) is 14.9. The number of hydrogen-bond donors (Lipinski definition) is 1. The van der Waals surface area contributed by atoms with Crippen LogP contribution in [0.1, 0.15) is 43.3 Å². The van der Waals surface area contributed by atoms with Crippen molar-refractivity contribution in [3.63, 3.8) is 0 Å². The summed E-state index contributed by atoms with van der Waals surface area (Å²) >= 11 is 3.32. The van der Waals surface area contributed by atoms with Crippen molar-refractivity contribution in [2.75, 3.05) is 5.75 Å². The fraction of sp³-hybridized carbons (Fsp3) is 0.714. The van der Waals surface area contributed by atoms with Gasteiger partial charge in [-0.25, -0.2) is 4.98 Å². The van der Waals surface area contributed by atoms with Crippen molar-refractivity contribution in [2.45, 2.75) is 51.3 Å². The lowest BCUT2D eigenvalue weighted by Gasteiger charge is -2.27. The average Bonchev–Trinajstić information content (AvgIpc) is 2.75. The average molecular weight is 298 g/mol. The normalized spacial score (nSPS) is 23.3. The molecule has 1 aromatic heterocycles. The standard InChI is InChI=1S/C14H22N2OS2/c1-10-4-3-5-12(6-10)16-14(17)9-18-7-13-8-19-11(2)15-13/h8,10,12H,3-7,9H2,1-2H3,(H,16,17). The monoisotopic (exact) mass is 298 g/mol. The van der Waals surface area contributed by atoms with Crippen LogP contribution in [0.5, 0.6) is 0 Å². The molecule has 1 aliphatic rings. The summed E-state index contributed by atoms with van der Waals surface area (Å²) in [7, 11) is 0. The minimum absolute atomic E-state index is 0.177. The quantitative estimate of drug-likeness (QED) is 0.906. The van der Waals surface area contributed by atoms with E-state index in [1.54, 1.807) is 23.1 Å². The van der Waals surface area contributed by atoms with E-state index >= 15 is 0 Å². The number of thiazole rings is 1. The Labute approximate surface area is 123 Å². The summed E-state index contributed by atoms with van der Waals surface area (Å²) in [5.41, 5.74) is 1.09. The Morgan fingerprint density at radius 1 is 1.58 bits per heavy atom. The fourth-order valence-corrected chi connectivity index (χ4v) is 4.00. The minimum Gasteiger partial charge on any atom is -0.353 e. The van der Waals surface area contributed by atoms with E-state index in [9.17, 15) is 4.79 Å². The lowest BCUT2D eigenvalue weighted by atomic mass is 9.87. The van der Waals surface area contributed by atoms with Crippen molar-refractivity contribution >= 4 is 29.0 Å². The highest BCUT2D eigenvalue weighted by Gasteiger charge is 2.20. The van der Waals surface area contributed by atoms with Crippen molar-refractivity contribution in [3.8, 4) is 0 Å². The molecule has 0 saturated heterocycles. The third-order valence-corrected chi connectivity index (χ3v) is 5.24. The van der Waals surface area contributed by atoms with Gasteiger partial charge in [-0.1, -0.05) is 19.8 Å². The van der Waals surface area contributed by atoms with Gasteiger partial charge < -0.3 is 5.32 Å². The number of nitrogens with one attached hydrogen (secondary N) is 1. The van der Waals surface area contributed by atoms with Crippen molar-refractivity contribution < 1.29 is 4.79 Å². The van der Waals surface area contributed by atoms with Crippen LogP contribution < -0.4 is 5.32 Å². The largest absolute Gasteiger partial charge is 0.353 e. The molecule has 19 heavy (non-hydrogen) atoms. The molecule has 2 rings (SSSR count). The SMILES string of the molecule is Cc1nc(CSCC(=O)NC2CCCC(C)C2)cs1. The van der Waals surface area contributed by atoms with Crippen LogP contribution in [-0.2, 0) is 10.5 Å². The summed E-state index contributed by atoms with van der Waals surface area (Å²) in [5, 5.41) is 6.33. The summed E-state index contributed by atoms with van der Waals surface area (Å²) in [5.74, 6) is 2.31. The Hall–Kier alpha value is -0.550. The zero-order chi connectivity index (χ0) is 13.7. The van der Waals surface area contributed by atoms with Crippen molar-refractivity contribution in [3.05, 3.63) is 16.1 Å². The first-order valence-corrected chi connectivity index (χ1v) is 8.95. The molecule has 2 unspecified atom stereocenters. The Balaban J connectivity index is 1.64. The Morgan fingerprint density at radius 2 is 2.42 bits per heavy atom. The second-order valence-corrected chi connectivity index (χ2v) is 7.43. The van der Waals surface area contributed by atoms with Crippen molar-refractivity contribution in [1.82, 2.24) is 10.3 Å². The number of thioether (sulfide) groups is 1. The third-order valence-electron chi connectivity index (χ3n) is 3.45. The van der Waals surface area contributed by atoms with Gasteiger partial charge in [-0.15, -0.1) is 23.1 Å². The molecule has 1 amide bonds. The molecule has 0 aromatic carbocycles. The summed E-state index contributed by atoms with van der Waals surface area (Å²) < 4.78 is 0. The van der Waals surface area contributed by atoms with Crippen LogP contribution in [0.25, 0.3) is 0 Å². The van der Waals surface area contributed by atoms with Gasteiger partial charge in [-0.2, -0.15) is 0 Å². The van der Waals surface area contributed by atoms with E-state index in [0.29, 0.717) is 11.8 Å². The van der Waals surface area contributed by atoms with Crippen LogP contribution in [0.2, 0.25) is 0 Å². The van der Waals surface area contributed by atoms with Gasteiger partial charge in [0.05, 0.1) is 16.5 Å². The van der Waals surface area contributed by atoms with Crippen molar-refractivity contribution in [2.24, 2.45) is 5.92 Å². The predicted octanol–water partition coefficient (Wildman–Crippen LogP) is 3.38. The number of aromatic nitrogens is 1. The summed E-state index contributed by atoms with van der Waals surface area (Å²) in [6.45, 7) is 4.29. The van der Waals surface area contributed by atoms with Crippen LogP contribution in [0.3, 0.4) is 0 Å². The molecule has 0 radical (unpaired) electrons. The molecule has 1 aliphatic carbocycles. The molecule has 0 bridgehead atoms. The highest BCUT2D eigenvalue weighted by Crippen LogP contribution is 2.23. The van der Waals surface area contributed by atoms with Gasteiger partial charge in [0.25, 0.3) is 0 Å². The third kappa shape index (κ3) is 5.15. The maximum Gasteiger partial charge on any atom is 0.230 e. The van der Waals surface area contributed by atoms with Crippen LogP contribution in [0.15, 0.2) is 5.38 Å². The predicted molar refractivity (Wildman–Crippen MR) is 82.6 cm³/mol. The molecular weight excluding hydrogens is 276 g/mol. The van der Waals surface area contributed by atoms with Gasteiger partial charge in [0.1, 0.15) is 0 Å². The number of carbonyl (C=O) groups excluding carboxylic acids is 1. The molecule has 106 valence electrons. The molecule has 0 spiro atoms. The van der Waals surface area contributed by atoms with E-state index in [1.807, 2.05) is 6.92 Å². The molecule has 1 N–H and O–H groups in total. The number of carbonyl (C=O) groups is 1. The van der Waals surface area contributed by atoms with E-state index in [-0.39, 0.29) is 5.91 Å². The molecular formula is C14H22N2OS2. The van der Waals surface area contributed by atoms with Crippen LogP contribution >= 0.6 is 23.1 Å². The molecule has 1 fully saturated rings. The smallest absolute Gasteiger partial charge is 0.230 e. The molecule has 3 nitrogen and oxygen atoms in total. The second kappa shape index (κ2) is 7.29. The lowest BCUT2D eigenvalue weighted by Crippen LogP contribution is -2.38. The van der Waals surface area contributed by atoms with E-state index in [2.05, 4.69) is 22.6 Å². The summed E-state index contributed by atoms with van der Waals surface area (Å²) in [6, 6.07) is 0.401. The second-order valence-electron chi connectivity index (χ2n) is 5.39. The maximum atomic E-state index is 11.9. The molecule has 2 atom stereocenters. The Morgan fingerprint density at radius 3 is 3.11 bits per heavy atom. The van der Waals surface area contributed by atoms with Gasteiger partial charge in [0.2, 0.25) is 5.91 Å². The topological polar surface area (TPSA) is 42.0 Å². The van der Waals surface area contributed by atoms with E-state index < -0.39 is 0 Å². The Kier molecular flexibility index (Phi) is 5.70. The molecule has 5 heteroatoms. The first-order valence-electron chi connectivity index (χ1n) is 6.91. The van der Waals surface area contributed by atoms with Gasteiger partial charge in [0, 0.05) is 17.2 Å². The van der Waals surface area contributed by atoms with Gasteiger partial charge in [-0.3, -0.25) is 4.79 Å². The molecule has 1 heterocycles. The van der Waals surface area contributed by atoms with Gasteiger partial charge in [-0.05, 0) is 25.7 Å². The number of aryl methyl sites for hydroxylation is 1. The summed E-state index contributed by atoms with van der Waals surface area (Å²) in [4.78, 5) is 16.3.